The molecule has 3 aliphatic rings. The van der Waals surface area contributed by atoms with Crippen LogP contribution < -0.4 is 32.7 Å². The molecule has 1 unspecified atom stereocenters. The summed E-state index contributed by atoms with van der Waals surface area (Å²) < 4.78 is 8.38. The van der Waals surface area contributed by atoms with Gasteiger partial charge in [0.1, 0.15) is 29.8 Å². The van der Waals surface area contributed by atoms with E-state index in [1.54, 1.807) is 50.9 Å². The first-order chi connectivity index (χ1) is 34.4. The number of imide groups is 1. The molecule has 7 rings (SSSR count). The van der Waals surface area contributed by atoms with Crippen molar-refractivity contribution in [3.05, 3.63) is 106 Å². The van der Waals surface area contributed by atoms with Gasteiger partial charge in [0, 0.05) is 50.9 Å². The van der Waals surface area contributed by atoms with E-state index in [0.29, 0.717) is 48.7 Å². The number of carbonyl (C=O) groups is 8. The van der Waals surface area contributed by atoms with Crippen molar-refractivity contribution in [2.45, 2.75) is 133 Å². The maximum atomic E-state index is 14.6. The number of aryl methyl sites for hydroxylation is 1. The Bertz CT molecular complexity index is 2790. The zero-order valence-electron chi connectivity index (χ0n) is 41.1. The number of alkyl carbamates (subject to hydrolysis) is 1. The van der Waals surface area contributed by atoms with Crippen LogP contribution in [0.1, 0.15) is 120 Å². The van der Waals surface area contributed by atoms with E-state index in [2.05, 4.69) is 33.1 Å². The largest absolute Gasteiger partial charge is 0.444 e. The molecule has 3 saturated heterocycles. The fourth-order valence-corrected chi connectivity index (χ4v) is 9.62. The number of nitrogens with one attached hydrogen (secondary N) is 4. The third-order valence-corrected chi connectivity index (χ3v) is 13.2. The SMILES string of the molecule is Cn1c(=O)n(C2CCC(=O)NC2=O)c2ccc(C#CCCCCC(=O)N3CC[C@H]4CC[C@@H](C(=O)N[C@@H](CCC(N)=O)C(=O)NC(c5ccccc5)c5ccccc5)N4C(=O)[C@@H](NC(=O)OC(C)(C)C)C3)cc21. The summed E-state index contributed by atoms with van der Waals surface area (Å²) in [5, 5.41) is 10.9. The van der Waals surface area contributed by atoms with E-state index in [9.17, 15) is 43.2 Å². The Hall–Kier alpha value is -7.75. The lowest BCUT2D eigenvalue weighted by molar-refractivity contribution is -0.146. The second-order valence-electron chi connectivity index (χ2n) is 19.5. The molecular weight excluding hydrogens is 923 g/mol. The lowest BCUT2D eigenvalue weighted by Crippen LogP contribution is -2.62. The smallest absolute Gasteiger partial charge is 0.408 e. The fraction of sp³-hybridized carbons (Fsp3) is 0.453. The van der Waals surface area contributed by atoms with Gasteiger partial charge in [-0.15, -0.1) is 0 Å². The van der Waals surface area contributed by atoms with Gasteiger partial charge in [-0.1, -0.05) is 72.5 Å². The summed E-state index contributed by atoms with van der Waals surface area (Å²) in [5.41, 5.74) is 7.65. The molecule has 3 aliphatic heterocycles. The second-order valence-corrected chi connectivity index (χ2v) is 19.5. The minimum Gasteiger partial charge on any atom is -0.444 e. The molecule has 0 radical (unpaired) electrons. The number of hydrogen-bond acceptors (Lipinski definition) is 10. The van der Waals surface area contributed by atoms with Gasteiger partial charge in [-0.2, -0.15) is 0 Å². The van der Waals surface area contributed by atoms with Gasteiger partial charge in [-0.05, 0) is 95.0 Å². The van der Waals surface area contributed by atoms with E-state index in [-0.39, 0.29) is 69.1 Å². The molecule has 0 aliphatic carbocycles. The highest BCUT2D eigenvalue weighted by Gasteiger charge is 2.46. The van der Waals surface area contributed by atoms with Gasteiger partial charge >= 0.3 is 11.8 Å². The van der Waals surface area contributed by atoms with Crippen molar-refractivity contribution in [2.75, 3.05) is 13.1 Å². The first-order valence-corrected chi connectivity index (χ1v) is 24.5. The maximum Gasteiger partial charge on any atom is 0.408 e. The van der Waals surface area contributed by atoms with E-state index in [4.69, 9.17) is 10.5 Å². The summed E-state index contributed by atoms with van der Waals surface area (Å²) in [7, 11) is 1.61. The Morgan fingerprint density at radius 1 is 0.847 bits per heavy atom. The number of imidazole rings is 1. The van der Waals surface area contributed by atoms with Crippen LogP contribution in [0.25, 0.3) is 11.0 Å². The molecule has 19 heteroatoms. The molecule has 4 heterocycles. The first-order valence-electron chi connectivity index (χ1n) is 24.5. The number of amides is 8. The number of hydrogen-bond donors (Lipinski definition) is 5. The summed E-state index contributed by atoms with van der Waals surface area (Å²) in [6.45, 7) is 5.12. The lowest BCUT2D eigenvalue weighted by atomic mass is 9.98. The average Bonchev–Trinajstić information content (AvgIpc) is 3.87. The van der Waals surface area contributed by atoms with Crippen LogP contribution in [0.15, 0.2) is 83.7 Å². The highest BCUT2D eigenvalue weighted by molar-refractivity contribution is 6.00. The van der Waals surface area contributed by atoms with E-state index in [1.807, 2.05) is 60.7 Å². The molecule has 3 fully saturated rings. The van der Waals surface area contributed by atoms with Crippen molar-refractivity contribution in [2.24, 2.45) is 12.8 Å². The van der Waals surface area contributed by atoms with E-state index < -0.39 is 77.5 Å². The molecular formula is C53H63N9O10. The normalized spacial score (nSPS) is 19.5. The number of nitrogens with two attached hydrogens (primary N) is 1. The quantitative estimate of drug-likeness (QED) is 0.0660. The number of primary amides is 1. The zero-order valence-corrected chi connectivity index (χ0v) is 41.1. The van der Waals surface area contributed by atoms with Crippen molar-refractivity contribution >= 4 is 58.5 Å². The number of aromatic nitrogens is 2. The molecule has 0 saturated carbocycles. The number of benzene rings is 3. The Kier molecular flexibility index (Phi) is 16.6. The lowest BCUT2D eigenvalue weighted by Gasteiger charge is -2.39. The third kappa shape index (κ3) is 12.8. The number of ether oxygens (including phenoxy) is 1. The van der Waals surface area contributed by atoms with Crippen LogP contribution in [0.5, 0.6) is 0 Å². The Morgan fingerprint density at radius 3 is 2.19 bits per heavy atom. The molecule has 19 nitrogen and oxygen atoms in total. The molecule has 0 spiro atoms. The number of fused-ring (bicyclic) bond motifs is 2. The molecule has 5 atom stereocenters. The number of unbranched alkanes of at least 4 members (excludes halogenated alkanes) is 2. The number of piperidine rings is 1. The summed E-state index contributed by atoms with van der Waals surface area (Å²) in [6, 6.07) is 18.6. The van der Waals surface area contributed by atoms with Gasteiger partial charge in [0.05, 0.1) is 23.6 Å². The summed E-state index contributed by atoms with van der Waals surface area (Å²) in [5.74, 6) is 2.79. The predicted octanol–water partition coefficient (Wildman–Crippen LogP) is 3.37. The molecule has 6 N–H and O–H groups in total. The maximum absolute atomic E-state index is 14.6. The van der Waals surface area contributed by atoms with Crippen LogP contribution >= 0.6 is 0 Å². The van der Waals surface area contributed by atoms with Crippen LogP contribution in [0.3, 0.4) is 0 Å². The Morgan fingerprint density at radius 2 is 1.54 bits per heavy atom. The van der Waals surface area contributed by atoms with Gasteiger partial charge in [0.2, 0.25) is 41.4 Å². The van der Waals surface area contributed by atoms with Gasteiger partial charge in [-0.3, -0.25) is 48.0 Å². The summed E-state index contributed by atoms with van der Waals surface area (Å²) >= 11 is 0. The van der Waals surface area contributed by atoms with Crippen molar-refractivity contribution in [3.8, 4) is 11.8 Å². The molecule has 0 bridgehead atoms. The number of carbonyl (C=O) groups excluding carboxylic acids is 8. The van der Waals surface area contributed by atoms with Crippen molar-refractivity contribution in [1.82, 2.24) is 40.2 Å². The molecule has 1 aromatic heterocycles. The molecule has 3 aromatic carbocycles. The minimum absolute atomic E-state index is 0.0932. The molecule has 72 heavy (non-hydrogen) atoms. The van der Waals surface area contributed by atoms with Gasteiger partial charge in [0.25, 0.3) is 0 Å². The summed E-state index contributed by atoms with van der Waals surface area (Å²) in [6.07, 6.45) is 1.94. The second kappa shape index (κ2) is 23.0. The van der Waals surface area contributed by atoms with Crippen LogP contribution in [-0.2, 0) is 45.3 Å². The van der Waals surface area contributed by atoms with Crippen LogP contribution in [-0.4, -0.2) is 109 Å². The molecule has 8 amide bonds. The third-order valence-electron chi connectivity index (χ3n) is 13.2. The topological polar surface area (TPSA) is 253 Å². The highest BCUT2D eigenvalue weighted by atomic mass is 16.6. The van der Waals surface area contributed by atoms with E-state index in [0.717, 1.165) is 11.1 Å². The fourth-order valence-electron chi connectivity index (χ4n) is 9.62. The van der Waals surface area contributed by atoms with Crippen molar-refractivity contribution < 1.29 is 43.1 Å². The standard InChI is InChI=1S/C53H63N9O10/c1-53(2,3)72-51(70)56-38-32-60(45(65)20-14-6-5-9-15-33-21-24-39-42(31-33)59(4)52(71)62(39)41-26-28-44(64)57-49(41)68)30-29-36-22-25-40(61(36)50(38)69)48(67)55-37(23-27-43(54)63)47(66)58-46(34-16-10-7-11-17-34)35-18-12-8-13-19-35/h7-8,10-13,16-19,21,24,31,36-38,40-41,46H,5-6,14,20,22-23,25-30,32H2,1-4H3,(H2,54,63)(H,55,67)(H,56,70)(H,58,66)(H,57,64,68)/t36-,37+,38+,40+,41?/m1/s1. The average molecular weight is 986 g/mol. The predicted molar refractivity (Wildman–Crippen MR) is 265 cm³/mol. The summed E-state index contributed by atoms with van der Waals surface area (Å²) in [4.78, 5) is 123. The van der Waals surface area contributed by atoms with Crippen LogP contribution in [0.4, 0.5) is 4.79 Å². The monoisotopic (exact) mass is 985 g/mol. The van der Waals surface area contributed by atoms with Gasteiger partial charge in [-0.25, -0.2) is 9.59 Å². The molecule has 380 valence electrons. The van der Waals surface area contributed by atoms with E-state index in [1.165, 1.54) is 14.0 Å². The Labute approximate surface area is 417 Å². The molecule has 4 aromatic rings. The van der Waals surface area contributed by atoms with Crippen molar-refractivity contribution in [3.63, 3.8) is 0 Å². The van der Waals surface area contributed by atoms with Crippen LogP contribution in [0.2, 0.25) is 0 Å². The minimum atomic E-state index is -1.27. The van der Waals surface area contributed by atoms with Crippen LogP contribution in [0, 0.1) is 11.8 Å². The first kappa shape index (κ1) is 52.1. The zero-order chi connectivity index (χ0) is 51.7. The Balaban J connectivity index is 0.998. The van der Waals surface area contributed by atoms with Crippen molar-refractivity contribution in [1.29, 1.82) is 0 Å². The van der Waals surface area contributed by atoms with Gasteiger partial charge in [0.15, 0.2) is 0 Å². The highest BCUT2D eigenvalue weighted by Crippen LogP contribution is 2.31. The number of nitrogens with zero attached hydrogens (tertiary/aromatic N) is 4. The number of rotatable bonds is 15. The van der Waals surface area contributed by atoms with E-state index >= 15 is 0 Å². The van der Waals surface area contributed by atoms with Gasteiger partial charge < -0.3 is 36.2 Å².